The SMILES string of the molecule is COc1ccccc1CC(N)c1cccc(Br)c1C. The molecule has 2 rings (SSSR count). The molecule has 1 unspecified atom stereocenters. The van der Waals surface area contributed by atoms with Gasteiger partial charge in [-0.15, -0.1) is 0 Å². The third-order valence-electron chi connectivity index (χ3n) is 3.34. The lowest BCUT2D eigenvalue weighted by molar-refractivity contribution is 0.408. The van der Waals surface area contributed by atoms with Gasteiger partial charge in [-0.25, -0.2) is 0 Å². The largest absolute Gasteiger partial charge is 0.496 e. The first-order valence-corrected chi connectivity index (χ1v) is 7.05. The van der Waals surface area contributed by atoms with Gasteiger partial charge in [-0.1, -0.05) is 46.3 Å². The van der Waals surface area contributed by atoms with E-state index in [9.17, 15) is 0 Å². The van der Waals surface area contributed by atoms with Crippen LogP contribution < -0.4 is 10.5 Å². The highest BCUT2D eigenvalue weighted by Crippen LogP contribution is 2.28. The molecule has 2 aromatic carbocycles. The Hall–Kier alpha value is -1.32. The Bertz CT molecular complexity index is 568. The number of hydrogen-bond donors (Lipinski definition) is 1. The van der Waals surface area contributed by atoms with Gasteiger partial charge in [-0.05, 0) is 42.2 Å². The predicted molar refractivity (Wildman–Crippen MR) is 82.5 cm³/mol. The van der Waals surface area contributed by atoms with Gasteiger partial charge in [0.15, 0.2) is 0 Å². The van der Waals surface area contributed by atoms with Crippen molar-refractivity contribution in [2.75, 3.05) is 7.11 Å². The average Bonchev–Trinajstić information content (AvgIpc) is 2.42. The predicted octanol–water partition coefficient (Wildman–Crippen LogP) is 4.01. The molecule has 0 saturated carbocycles. The number of halogens is 1. The highest BCUT2D eigenvalue weighted by Gasteiger charge is 2.13. The number of nitrogens with two attached hydrogens (primary N) is 1. The molecule has 2 nitrogen and oxygen atoms in total. The molecule has 0 radical (unpaired) electrons. The van der Waals surface area contributed by atoms with Gasteiger partial charge in [-0.3, -0.25) is 0 Å². The smallest absolute Gasteiger partial charge is 0.122 e. The Morgan fingerprint density at radius 3 is 2.63 bits per heavy atom. The van der Waals surface area contributed by atoms with E-state index < -0.39 is 0 Å². The first-order chi connectivity index (χ1) is 9.13. The molecule has 0 saturated heterocycles. The summed E-state index contributed by atoms with van der Waals surface area (Å²) >= 11 is 3.55. The average molecular weight is 320 g/mol. The maximum atomic E-state index is 6.34. The van der Waals surface area contributed by atoms with Crippen LogP contribution in [0.2, 0.25) is 0 Å². The standard InChI is InChI=1S/C16H18BrNO/c1-11-13(7-5-8-14(11)17)15(18)10-12-6-3-4-9-16(12)19-2/h3-9,15H,10,18H2,1-2H3. The lowest BCUT2D eigenvalue weighted by Crippen LogP contribution is -2.15. The molecule has 0 bridgehead atoms. The first kappa shape index (κ1) is 14.1. The normalized spacial score (nSPS) is 12.2. The minimum atomic E-state index is -0.0335. The van der Waals surface area contributed by atoms with E-state index in [-0.39, 0.29) is 6.04 Å². The van der Waals surface area contributed by atoms with Crippen molar-refractivity contribution < 1.29 is 4.74 Å². The number of methoxy groups -OCH3 is 1. The summed E-state index contributed by atoms with van der Waals surface area (Å²) < 4.78 is 6.47. The molecule has 19 heavy (non-hydrogen) atoms. The molecule has 2 aromatic rings. The molecular weight excluding hydrogens is 302 g/mol. The third-order valence-corrected chi connectivity index (χ3v) is 4.20. The molecule has 0 spiro atoms. The van der Waals surface area contributed by atoms with Crippen LogP contribution in [-0.4, -0.2) is 7.11 Å². The summed E-state index contributed by atoms with van der Waals surface area (Å²) in [5.41, 5.74) is 9.85. The summed E-state index contributed by atoms with van der Waals surface area (Å²) in [7, 11) is 1.69. The minimum absolute atomic E-state index is 0.0335. The van der Waals surface area contributed by atoms with Crippen molar-refractivity contribution >= 4 is 15.9 Å². The van der Waals surface area contributed by atoms with Gasteiger partial charge >= 0.3 is 0 Å². The van der Waals surface area contributed by atoms with E-state index in [1.54, 1.807) is 7.11 Å². The van der Waals surface area contributed by atoms with E-state index >= 15 is 0 Å². The number of para-hydroxylation sites is 1. The Balaban J connectivity index is 2.26. The van der Waals surface area contributed by atoms with Gasteiger partial charge in [0.25, 0.3) is 0 Å². The maximum Gasteiger partial charge on any atom is 0.122 e. The summed E-state index contributed by atoms with van der Waals surface area (Å²) in [6.07, 6.45) is 0.765. The van der Waals surface area contributed by atoms with E-state index in [4.69, 9.17) is 10.5 Å². The zero-order chi connectivity index (χ0) is 13.8. The fourth-order valence-electron chi connectivity index (χ4n) is 2.24. The lowest BCUT2D eigenvalue weighted by atomic mass is 9.96. The van der Waals surface area contributed by atoms with E-state index in [0.29, 0.717) is 0 Å². The molecule has 0 fully saturated rings. The monoisotopic (exact) mass is 319 g/mol. The molecule has 0 aromatic heterocycles. The Morgan fingerprint density at radius 1 is 1.16 bits per heavy atom. The van der Waals surface area contributed by atoms with E-state index in [1.165, 1.54) is 11.1 Å². The van der Waals surface area contributed by atoms with E-state index in [1.807, 2.05) is 30.3 Å². The summed E-state index contributed by atoms with van der Waals surface area (Å²) in [4.78, 5) is 0. The maximum absolute atomic E-state index is 6.34. The van der Waals surface area contributed by atoms with Crippen LogP contribution in [-0.2, 0) is 6.42 Å². The van der Waals surface area contributed by atoms with Crippen LogP contribution >= 0.6 is 15.9 Å². The molecule has 0 heterocycles. The Labute approximate surface area is 122 Å². The van der Waals surface area contributed by atoms with E-state index in [0.717, 1.165) is 22.2 Å². The Kier molecular flexibility index (Phi) is 4.61. The van der Waals surface area contributed by atoms with Gasteiger partial charge in [0.1, 0.15) is 5.75 Å². The summed E-state index contributed by atoms with van der Waals surface area (Å²) in [6.45, 7) is 2.08. The highest BCUT2D eigenvalue weighted by molar-refractivity contribution is 9.10. The summed E-state index contributed by atoms with van der Waals surface area (Å²) in [5.74, 6) is 0.894. The van der Waals surface area contributed by atoms with Crippen LogP contribution in [0.4, 0.5) is 0 Å². The third kappa shape index (κ3) is 3.17. The summed E-state index contributed by atoms with van der Waals surface area (Å²) in [5, 5.41) is 0. The van der Waals surface area contributed by atoms with Crippen molar-refractivity contribution in [2.45, 2.75) is 19.4 Å². The number of benzene rings is 2. The van der Waals surface area contributed by atoms with Crippen LogP contribution in [0.1, 0.15) is 22.7 Å². The van der Waals surface area contributed by atoms with Crippen LogP contribution in [0.15, 0.2) is 46.9 Å². The van der Waals surface area contributed by atoms with Gasteiger partial charge < -0.3 is 10.5 Å². The van der Waals surface area contributed by atoms with Crippen molar-refractivity contribution in [1.82, 2.24) is 0 Å². The van der Waals surface area contributed by atoms with E-state index in [2.05, 4.69) is 35.0 Å². The quantitative estimate of drug-likeness (QED) is 0.924. The van der Waals surface area contributed by atoms with Crippen LogP contribution in [0.3, 0.4) is 0 Å². The zero-order valence-electron chi connectivity index (χ0n) is 11.2. The minimum Gasteiger partial charge on any atom is -0.496 e. The van der Waals surface area contributed by atoms with Gasteiger partial charge in [-0.2, -0.15) is 0 Å². The van der Waals surface area contributed by atoms with Crippen LogP contribution in [0, 0.1) is 6.92 Å². The molecule has 3 heteroatoms. The van der Waals surface area contributed by atoms with Crippen LogP contribution in [0.5, 0.6) is 5.75 Å². The molecule has 2 N–H and O–H groups in total. The zero-order valence-corrected chi connectivity index (χ0v) is 12.8. The second-order valence-electron chi connectivity index (χ2n) is 4.58. The first-order valence-electron chi connectivity index (χ1n) is 6.26. The van der Waals surface area contributed by atoms with Crippen molar-refractivity contribution in [3.8, 4) is 5.75 Å². The number of hydrogen-bond acceptors (Lipinski definition) is 2. The van der Waals surface area contributed by atoms with Crippen LogP contribution in [0.25, 0.3) is 0 Å². The van der Waals surface area contributed by atoms with Gasteiger partial charge in [0.05, 0.1) is 7.11 Å². The molecule has 0 amide bonds. The van der Waals surface area contributed by atoms with Crippen molar-refractivity contribution in [1.29, 1.82) is 0 Å². The molecule has 0 aliphatic rings. The molecule has 100 valence electrons. The fourth-order valence-corrected chi connectivity index (χ4v) is 2.63. The second-order valence-corrected chi connectivity index (χ2v) is 5.43. The molecule has 1 atom stereocenters. The molecular formula is C16H18BrNO. The topological polar surface area (TPSA) is 35.2 Å². The molecule has 0 aliphatic heterocycles. The fraction of sp³-hybridized carbons (Fsp3) is 0.250. The summed E-state index contributed by atoms with van der Waals surface area (Å²) in [6, 6.07) is 14.1. The highest BCUT2D eigenvalue weighted by atomic mass is 79.9. The lowest BCUT2D eigenvalue weighted by Gasteiger charge is -2.17. The van der Waals surface area contributed by atoms with Gasteiger partial charge in [0, 0.05) is 10.5 Å². The van der Waals surface area contributed by atoms with Crippen molar-refractivity contribution in [3.63, 3.8) is 0 Å². The number of ether oxygens (including phenoxy) is 1. The Morgan fingerprint density at radius 2 is 1.89 bits per heavy atom. The van der Waals surface area contributed by atoms with Crippen molar-refractivity contribution in [2.24, 2.45) is 5.73 Å². The number of rotatable bonds is 4. The van der Waals surface area contributed by atoms with Gasteiger partial charge in [0.2, 0.25) is 0 Å². The van der Waals surface area contributed by atoms with Crippen molar-refractivity contribution in [3.05, 3.63) is 63.6 Å². The molecule has 0 aliphatic carbocycles. The second kappa shape index (κ2) is 6.22.